The molecule has 0 amide bonds. The molecular formula is C12H22N4S. The molecule has 1 aliphatic carbocycles. The molecule has 1 fully saturated rings. The van der Waals surface area contributed by atoms with Crippen LogP contribution in [0.25, 0.3) is 0 Å². The summed E-state index contributed by atoms with van der Waals surface area (Å²) in [7, 11) is 2.17. The van der Waals surface area contributed by atoms with E-state index in [0.29, 0.717) is 0 Å². The van der Waals surface area contributed by atoms with E-state index in [4.69, 9.17) is 0 Å². The van der Waals surface area contributed by atoms with Gasteiger partial charge in [0.15, 0.2) is 0 Å². The van der Waals surface area contributed by atoms with Crippen molar-refractivity contribution in [1.82, 2.24) is 15.1 Å². The Kier molecular flexibility index (Phi) is 4.34. The van der Waals surface area contributed by atoms with Gasteiger partial charge in [0, 0.05) is 13.1 Å². The van der Waals surface area contributed by atoms with Crippen LogP contribution in [-0.2, 0) is 6.54 Å². The average molecular weight is 254 g/mol. The van der Waals surface area contributed by atoms with Gasteiger partial charge in [0.1, 0.15) is 5.01 Å². The Morgan fingerprint density at radius 1 is 1.47 bits per heavy atom. The van der Waals surface area contributed by atoms with Crippen molar-refractivity contribution in [2.45, 2.75) is 33.2 Å². The number of anilines is 1. The van der Waals surface area contributed by atoms with Crippen molar-refractivity contribution < 1.29 is 0 Å². The van der Waals surface area contributed by atoms with Crippen LogP contribution in [0.15, 0.2) is 0 Å². The molecule has 1 heterocycles. The van der Waals surface area contributed by atoms with E-state index in [1.54, 1.807) is 11.3 Å². The van der Waals surface area contributed by atoms with Crippen molar-refractivity contribution in [3.63, 3.8) is 0 Å². The van der Waals surface area contributed by atoms with E-state index in [2.05, 4.69) is 41.3 Å². The lowest BCUT2D eigenvalue weighted by atomic mass is 10.3. The summed E-state index contributed by atoms with van der Waals surface area (Å²) in [4.78, 5) is 2.36. The summed E-state index contributed by atoms with van der Waals surface area (Å²) in [6, 6.07) is 0. The average Bonchev–Trinajstić information content (AvgIpc) is 2.78. The van der Waals surface area contributed by atoms with E-state index >= 15 is 0 Å². The Morgan fingerprint density at radius 2 is 2.24 bits per heavy atom. The second-order valence-corrected chi connectivity index (χ2v) is 6.16. The molecular weight excluding hydrogens is 232 g/mol. The summed E-state index contributed by atoms with van der Waals surface area (Å²) in [6.07, 6.45) is 2.51. The number of nitrogens with zero attached hydrogens (tertiary/aromatic N) is 3. The van der Waals surface area contributed by atoms with Crippen LogP contribution in [0.2, 0.25) is 0 Å². The van der Waals surface area contributed by atoms with Crippen LogP contribution < -0.4 is 5.32 Å². The van der Waals surface area contributed by atoms with Crippen LogP contribution in [0, 0.1) is 11.8 Å². The van der Waals surface area contributed by atoms with Gasteiger partial charge >= 0.3 is 0 Å². The van der Waals surface area contributed by atoms with E-state index in [0.717, 1.165) is 41.5 Å². The lowest BCUT2D eigenvalue weighted by Crippen LogP contribution is -2.20. The Bertz CT molecular complexity index is 352. The Morgan fingerprint density at radius 3 is 2.88 bits per heavy atom. The van der Waals surface area contributed by atoms with Gasteiger partial charge in [0.2, 0.25) is 5.13 Å². The largest absolute Gasteiger partial charge is 0.360 e. The molecule has 0 radical (unpaired) electrons. The monoisotopic (exact) mass is 254 g/mol. The number of rotatable bonds is 7. The maximum Gasteiger partial charge on any atom is 0.205 e. The predicted octanol–water partition coefficient (Wildman–Crippen LogP) is 2.45. The highest BCUT2D eigenvalue weighted by atomic mass is 32.1. The van der Waals surface area contributed by atoms with E-state index in [9.17, 15) is 0 Å². The lowest BCUT2D eigenvalue weighted by molar-refractivity contribution is 0.306. The van der Waals surface area contributed by atoms with Crippen LogP contribution in [0.4, 0.5) is 5.13 Å². The minimum Gasteiger partial charge on any atom is -0.360 e. The number of hydrogen-bond acceptors (Lipinski definition) is 5. The molecule has 0 aromatic carbocycles. The molecule has 1 N–H and O–H groups in total. The third kappa shape index (κ3) is 3.92. The molecule has 2 rings (SSSR count). The van der Waals surface area contributed by atoms with Gasteiger partial charge in [-0.15, -0.1) is 10.2 Å². The first-order valence-corrected chi connectivity index (χ1v) is 7.25. The fraction of sp³-hybridized carbons (Fsp3) is 0.833. The van der Waals surface area contributed by atoms with Crippen molar-refractivity contribution in [3.8, 4) is 0 Å². The Hall–Kier alpha value is -0.680. The zero-order valence-corrected chi connectivity index (χ0v) is 11.8. The van der Waals surface area contributed by atoms with Gasteiger partial charge in [-0.1, -0.05) is 25.2 Å². The van der Waals surface area contributed by atoms with Crippen molar-refractivity contribution in [2.75, 3.05) is 25.5 Å². The number of hydrogen-bond donors (Lipinski definition) is 1. The maximum atomic E-state index is 4.22. The zero-order chi connectivity index (χ0) is 12.3. The topological polar surface area (TPSA) is 41.1 Å². The standard InChI is InChI=1S/C12H22N4S/c1-4-5-13-12-15-14-11(17-12)8-16(3)7-10-6-9(10)2/h9-10H,4-8H2,1-3H3,(H,13,15). The first-order valence-electron chi connectivity index (χ1n) is 6.43. The predicted molar refractivity (Wildman–Crippen MR) is 72.3 cm³/mol. The number of nitrogens with one attached hydrogen (secondary N) is 1. The highest BCUT2D eigenvalue weighted by Crippen LogP contribution is 2.38. The van der Waals surface area contributed by atoms with Gasteiger partial charge < -0.3 is 5.32 Å². The van der Waals surface area contributed by atoms with Gasteiger partial charge in [-0.3, -0.25) is 4.90 Å². The normalized spacial score (nSPS) is 23.1. The minimum absolute atomic E-state index is 0.908. The third-order valence-corrected chi connectivity index (χ3v) is 4.09. The van der Waals surface area contributed by atoms with E-state index in [-0.39, 0.29) is 0 Å². The second-order valence-electron chi connectivity index (χ2n) is 5.10. The first kappa shape index (κ1) is 12.8. The number of aromatic nitrogens is 2. The highest BCUT2D eigenvalue weighted by molar-refractivity contribution is 7.15. The van der Waals surface area contributed by atoms with Gasteiger partial charge in [-0.25, -0.2) is 0 Å². The van der Waals surface area contributed by atoms with Gasteiger partial charge in [-0.05, 0) is 31.7 Å². The van der Waals surface area contributed by atoms with Gasteiger partial charge in [0.25, 0.3) is 0 Å². The summed E-state index contributed by atoms with van der Waals surface area (Å²) in [5.74, 6) is 1.83. The molecule has 0 aliphatic heterocycles. The molecule has 1 aromatic rings. The summed E-state index contributed by atoms with van der Waals surface area (Å²) in [5.41, 5.74) is 0. The summed E-state index contributed by atoms with van der Waals surface area (Å²) >= 11 is 1.67. The summed E-state index contributed by atoms with van der Waals surface area (Å²) < 4.78 is 0. The molecule has 2 unspecified atom stereocenters. The Labute approximate surface area is 107 Å². The van der Waals surface area contributed by atoms with Crippen LogP contribution >= 0.6 is 11.3 Å². The molecule has 1 aliphatic rings. The molecule has 0 saturated heterocycles. The van der Waals surface area contributed by atoms with Crippen LogP contribution in [0.3, 0.4) is 0 Å². The first-order chi connectivity index (χ1) is 8.19. The van der Waals surface area contributed by atoms with E-state index < -0.39 is 0 Å². The lowest BCUT2D eigenvalue weighted by Gasteiger charge is -2.13. The molecule has 1 saturated carbocycles. The van der Waals surface area contributed by atoms with E-state index in [1.165, 1.54) is 13.0 Å². The minimum atomic E-state index is 0.908. The molecule has 2 atom stereocenters. The van der Waals surface area contributed by atoms with Crippen LogP contribution in [0.1, 0.15) is 31.7 Å². The molecule has 1 aromatic heterocycles. The maximum absolute atomic E-state index is 4.22. The highest BCUT2D eigenvalue weighted by Gasteiger charge is 2.33. The fourth-order valence-electron chi connectivity index (χ4n) is 1.97. The molecule has 4 nitrogen and oxygen atoms in total. The Balaban J connectivity index is 1.75. The van der Waals surface area contributed by atoms with Crippen molar-refractivity contribution >= 4 is 16.5 Å². The fourth-order valence-corrected chi connectivity index (χ4v) is 2.82. The van der Waals surface area contributed by atoms with Gasteiger partial charge in [0.05, 0.1) is 6.54 Å². The molecule has 17 heavy (non-hydrogen) atoms. The van der Waals surface area contributed by atoms with Crippen LogP contribution in [0.5, 0.6) is 0 Å². The zero-order valence-electron chi connectivity index (χ0n) is 10.9. The summed E-state index contributed by atoms with van der Waals surface area (Å²) in [5, 5.41) is 13.7. The van der Waals surface area contributed by atoms with Crippen molar-refractivity contribution in [1.29, 1.82) is 0 Å². The van der Waals surface area contributed by atoms with E-state index in [1.807, 2.05) is 0 Å². The summed E-state index contributed by atoms with van der Waals surface area (Å²) in [6.45, 7) is 7.58. The smallest absolute Gasteiger partial charge is 0.205 e. The van der Waals surface area contributed by atoms with Crippen molar-refractivity contribution in [2.24, 2.45) is 11.8 Å². The van der Waals surface area contributed by atoms with Gasteiger partial charge in [-0.2, -0.15) is 0 Å². The van der Waals surface area contributed by atoms with Crippen molar-refractivity contribution in [3.05, 3.63) is 5.01 Å². The van der Waals surface area contributed by atoms with Crippen LogP contribution in [-0.4, -0.2) is 35.2 Å². The molecule has 5 heteroatoms. The molecule has 0 bridgehead atoms. The molecule has 0 spiro atoms. The second kappa shape index (κ2) is 5.78. The quantitative estimate of drug-likeness (QED) is 0.811. The molecule has 96 valence electrons. The third-order valence-electron chi connectivity index (χ3n) is 3.22. The SMILES string of the molecule is CCCNc1nnc(CN(C)CC2CC2C)s1.